The number of hydrogen-bond donors (Lipinski definition) is 2. The molecular weight excluding hydrogens is 346 g/mol. The maximum absolute atomic E-state index is 12.4. The number of ether oxygens (including phenoxy) is 2. The summed E-state index contributed by atoms with van der Waals surface area (Å²) in [5.41, 5.74) is 0.898. The molecule has 1 amide bonds. The fourth-order valence-electron chi connectivity index (χ4n) is 2.14. The molecule has 132 valence electrons. The zero-order chi connectivity index (χ0) is 18.6. The van der Waals surface area contributed by atoms with Gasteiger partial charge in [0.2, 0.25) is 0 Å². The third kappa shape index (κ3) is 4.64. The summed E-state index contributed by atoms with van der Waals surface area (Å²) < 4.78 is 10.9. The van der Waals surface area contributed by atoms with Gasteiger partial charge in [0, 0.05) is 11.3 Å². The molecule has 0 aromatic heterocycles. The summed E-state index contributed by atoms with van der Waals surface area (Å²) >= 11 is 6.17. The molecule has 0 unspecified atom stereocenters. The van der Waals surface area contributed by atoms with Gasteiger partial charge < -0.3 is 19.9 Å². The van der Waals surface area contributed by atoms with Crippen molar-refractivity contribution in [3.8, 4) is 11.5 Å². The lowest BCUT2D eigenvalue weighted by atomic mass is 10.1. The lowest BCUT2D eigenvalue weighted by Gasteiger charge is -2.16. The maximum Gasteiger partial charge on any atom is 0.335 e. The molecule has 0 saturated carbocycles. The molecule has 2 N–H and O–H groups in total. The average Bonchev–Trinajstić information content (AvgIpc) is 2.54. The Morgan fingerprint density at radius 3 is 2.28 bits per heavy atom. The number of halogens is 1. The number of carboxylic acid groups (broad SMARTS) is 1. The predicted molar refractivity (Wildman–Crippen MR) is 95.1 cm³/mol. The highest BCUT2D eigenvalue weighted by Crippen LogP contribution is 2.37. The second-order valence-corrected chi connectivity index (χ2v) is 5.90. The Hall–Kier alpha value is -2.73. The van der Waals surface area contributed by atoms with Crippen molar-refractivity contribution >= 4 is 29.2 Å². The van der Waals surface area contributed by atoms with Gasteiger partial charge in [-0.15, -0.1) is 0 Å². The minimum absolute atomic E-state index is 0.119. The van der Waals surface area contributed by atoms with E-state index in [1.54, 1.807) is 6.07 Å². The fourth-order valence-corrected chi connectivity index (χ4v) is 2.43. The smallest absolute Gasteiger partial charge is 0.335 e. The van der Waals surface area contributed by atoms with Crippen LogP contribution in [0.2, 0.25) is 5.02 Å². The lowest BCUT2D eigenvalue weighted by molar-refractivity contribution is 0.0696. The molecule has 25 heavy (non-hydrogen) atoms. The normalized spacial score (nSPS) is 10.4. The molecule has 0 fully saturated rings. The predicted octanol–water partition coefficient (Wildman–Crippen LogP) is 4.09. The van der Waals surface area contributed by atoms with Gasteiger partial charge in [0.25, 0.3) is 5.91 Å². The Bertz CT molecular complexity index is 787. The van der Waals surface area contributed by atoms with E-state index in [0.717, 1.165) is 0 Å². The first kappa shape index (κ1) is 18.6. The molecule has 0 bridgehead atoms. The summed E-state index contributed by atoms with van der Waals surface area (Å²) in [4.78, 5) is 23.3. The van der Waals surface area contributed by atoms with Gasteiger partial charge in [-0.25, -0.2) is 4.79 Å². The maximum atomic E-state index is 12.4. The first-order valence-electron chi connectivity index (χ1n) is 7.50. The van der Waals surface area contributed by atoms with E-state index in [1.807, 2.05) is 13.8 Å². The fraction of sp³-hybridized carbons (Fsp3) is 0.222. The highest BCUT2D eigenvalue weighted by Gasteiger charge is 2.17. The minimum atomic E-state index is -1.03. The molecule has 2 aromatic carbocycles. The van der Waals surface area contributed by atoms with E-state index in [-0.39, 0.29) is 16.7 Å². The van der Waals surface area contributed by atoms with Crippen molar-refractivity contribution in [3.63, 3.8) is 0 Å². The quantitative estimate of drug-likeness (QED) is 0.807. The Kier molecular flexibility index (Phi) is 5.88. The van der Waals surface area contributed by atoms with Crippen molar-refractivity contribution in [2.45, 2.75) is 20.0 Å². The van der Waals surface area contributed by atoms with E-state index >= 15 is 0 Å². The molecule has 2 rings (SSSR count). The van der Waals surface area contributed by atoms with Crippen LogP contribution >= 0.6 is 11.6 Å². The van der Waals surface area contributed by atoms with E-state index in [4.69, 9.17) is 26.2 Å². The minimum Gasteiger partial charge on any atom is -0.491 e. The summed E-state index contributed by atoms with van der Waals surface area (Å²) in [5, 5.41) is 11.8. The van der Waals surface area contributed by atoms with E-state index in [1.165, 1.54) is 37.4 Å². The molecule has 0 heterocycles. The SMILES string of the molecule is COc1c(Cl)cc(C(=O)Nc2ccc(C(=O)O)cc2)cc1OC(C)C. The Morgan fingerprint density at radius 1 is 1.12 bits per heavy atom. The number of anilines is 1. The first-order valence-corrected chi connectivity index (χ1v) is 7.88. The van der Waals surface area contributed by atoms with Crippen LogP contribution in [0.25, 0.3) is 0 Å². The second kappa shape index (κ2) is 7.90. The third-order valence-electron chi connectivity index (χ3n) is 3.23. The number of carboxylic acids is 1. The van der Waals surface area contributed by atoms with Crippen LogP contribution < -0.4 is 14.8 Å². The number of aromatic carboxylic acids is 1. The highest BCUT2D eigenvalue weighted by atomic mass is 35.5. The molecule has 6 nitrogen and oxygen atoms in total. The van der Waals surface area contributed by atoms with Gasteiger partial charge in [-0.1, -0.05) is 11.6 Å². The summed E-state index contributed by atoms with van der Waals surface area (Å²) in [5.74, 6) is -0.703. The van der Waals surface area contributed by atoms with Gasteiger partial charge in [-0.3, -0.25) is 4.79 Å². The topological polar surface area (TPSA) is 84.9 Å². The summed E-state index contributed by atoms with van der Waals surface area (Å²) in [6.45, 7) is 3.70. The summed E-state index contributed by atoms with van der Waals surface area (Å²) in [6, 6.07) is 8.87. The zero-order valence-electron chi connectivity index (χ0n) is 14.0. The number of carbonyl (C=O) groups excluding carboxylic acids is 1. The molecule has 0 aliphatic rings. The number of hydrogen-bond acceptors (Lipinski definition) is 4. The third-order valence-corrected chi connectivity index (χ3v) is 3.51. The van der Waals surface area contributed by atoms with Gasteiger partial charge in [-0.05, 0) is 50.2 Å². The average molecular weight is 364 g/mol. The Labute approximate surface area is 150 Å². The number of amides is 1. The van der Waals surface area contributed by atoms with E-state index in [2.05, 4.69) is 5.32 Å². The first-order chi connectivity index (χ1) is 11.8. The monoisotopic (exact) mass is 363 g/mol. The number of carbonyl (C=O) groups is 2. The van der Waals surface area contributed by atoms with E-state index < -0.39 is 11.9 Å². The number of methoxy groups -OCH3 is 1. The van der Waals surface area contributed by atoms with Gasteiger partial charge in [-0.2, -0.15) is 0 Å². The van der Waals surface area contributed by atoms with Crippen LogP contribution in [0.5, 0.6) is 11.5 Å². The van der Waals surface area contributed by atoms with Crippen molar-refractivity contribution in [2.24, 2.45) is 0 Å². The molecule has 0 aliphatic carbocycles. The number of rotatable bonds is 6. The van der Waals surface area contributed by atoms with Crippen LogP contribution in [0, 0.1) is 0 Å². The van der Waals surface area contributed by atoms with Gasteiger partial charge >= 0.3 is 5.97 Å². The van der Waals surface area contributed by atoms with Crippen LogP contribution in [0.1, 0.15) is 34.6 Å². The second-order valence-electron chi connectivity index (χ2n) is 5.49. The molecule has 0 radical (unpaired) electrons. The van der Waals surface area contributed by atoms with E-state index in [0.29, 0.717) is 22.7 Å². The molecule has 2 aromatic rings. The number of benzene rings is 2. The largest absolute Gasteiger partial charge is 0.491 e. The van der Waals surface area contributed by atoms with Crippen LogP contribution in [0.15, 0.2) is 36.4 Å². The van der Waals surface area contributed by atoms with Crippen molar-refractivity contribution in [2.75, 3.05) is 12.4 Å². The summed E-state index contributed by atoms with van der Waals surface area (Å²) in [6.07, 6.45) is -0.119. The van der Waals surface area contributed by atoms with Gasteiger partial charge in [0.15, 0.2) is 11.5 Å². The van der Waals surface area contributed by atoms with Gasteiger partial charge in [0.1, 0.15) is 0 Å². The molecule has 0 saturated heterocycles. The van der Waals surface area contributed by atoms with Crippen molar-refractivity contribution < 1.29 is 24.2 Å². The Morgan fingerprint density at radius 2 is 1.76 bits per heavy atom. The molecule has 0 aliphatic heterocycles. The van der Waals surface area contributed by atoms with Crippen LogP contribution in [-0.2, 0) is 0 Å². The van der Waals surface area contributed by atoms with Crippen LogP contribution in [-0.4, -0.2) is 30.2 Å². The Balaban J connectivity index is 2.26. The number of nitrogens with one attached hydrogen (secondary N) is 1. The molecule has 0 atom stereocenters. The molecule has 7 heteroatoms. The van der Waals surface area contributed by atoms with Crippen molar-refractivity contribution in [3.05, 3.63) is 52.5 Å². The van der Waals surface area contributed by atoms with Crippen molar-refractivity contribution in [1.82, 2.24) is 0 Å². The lowest BCUT2D eigenvalue weighted by Crippen LogP contribution is -2.13. The van der Waals surface area contributed by atoms with Crippen LogP contribution in [0.3, 0.4) is 0 Å². The van der Waals surface area contributed by atoms with Crippen LogP contribution in [0.4, 0.5) is 5.69 Å². The molecular formula is C18H18ClNO5. The van der Waals surface area contributed by atoms with Gasteiger partial charge in [0.05, 0.1) is 23.8 Å². The highest BCUT2D eigenvalue weighted by molar-refractivity contribution is 6.32. The standard InChI is InChI=1S/C18H18ClNO5/c1-10(2)25-15-9-12(8-14(19)16(15)24-3)17(21)20-13-6-4-11(5-7-13)18(22)23/h4-10H,1-3H3,(H,20,21)(H,22,23). The van der Waals surface area contributed by atoms with E-state index in [9.17, 15) is 9.59 Å². The summed E-state index contributed by atoms with van der Waals surface area (Å²) in [7, 11) is 1.47. The zero-order valence-corrected chi connectivity index (χ0v) is 14.8. The molecule has 0 spiro atoms. The van der Waals surface area contributed by atoms with Crippen molar-refractivity contribution in [1.29, 1.82) is 0 Å².